The fourth-order valence-corrected chi connectivity index (χ4v) is 4.27. The Kier molecular flexibility index (Phi) is 7.35. The van der Waals surface area contributed by atoms with Crippen LogP contribution in [0.5, 0.6) is 5.75 Å². The minimum atomic E-state index is -0.468. The highest BCUT2D eigenvalue weighted by atomic mass is 16.5. The van der Waals surface area contributed by atoms with Crippen LogP contribution in [0.1, 0.15) is 78.1 Å². The summed E-state index contributed by atoms with van der Waals surface area (Å²) < 4.78 is 5.76. The van der Waals surface area contributed by atoms with E-state index in [0.29, 0.717) is 24.6 Å². The molecule has 2 amide bonds. The van der Waals surface area contributed by atoms with E-state index in [2.05, 4.69) is 12.2 Å². The molecule has 1 atom stereocenters. The molecule has 0 spiro atoms. The minimum absolute atomic E-state index is 0.00984. The van der Waals surface area contributed by atoms with Gasteiger partial charge in [0.05, 0.1) is 5.69 Å². The Labute approximate surface area is 168 Å². The lowest BCUT2D eigenvalue weighted by Crippen LogP contribution is -2.44. The number of hydrogen-bond donors (Lipinski definition) is 1. The van der Waals surface area contributed by atoms with Crippen LogP contribution in [0.2, 0.25) is 0 Å². The average molecular weight is 387 g/mol. The summed E-state index contributed by atoms with van der Waals surface area (Å²) in [5.41, 5.74) is 1.50. The summed E-state index contributed by atoms with van der Waals surface area (Å²) in [6.45, 7) is 4.63. The molecule has 0 saturated heterocycles. The number of hydrogen-bond acceptors (Lipinski definition) is 3. The van der Waals surface area contributed by atoms with E-state index in [1.165, 1.54) is 32.1 Å². The van der Waals surface area contributed by atoms with Gasteiger partial charge in [0.1, 0.15) is 5.75 Å². The van der Waals surface area contributed by atoms with Gasteiger partial charge in [0.2, 0.25) is 5.91 Å². The van der Waals surface area contributed by atoms with E-state index in [-0.39, 0.29) is 11.8 Å². The molecule has 1 aromatic rings. The number of rotatable bonds is 8. The Morgan fingerprint density at radius 3 is 2.75 bits per heavy atom. The molecule has 1 aliphatic carbocycles. The molecule has 5 heteroatoms. The highest BCUT2D eigenvalue weighted by molar-refractivity contribution is 6.01. The third-order valence-electron chi connectivity index (χ3n) is 5.94. The van der Waals surface area contributed by atoms with E-state index in [1.807, 2.05) is 23.1 Å². The molecule has 1 unspecified atom stereocenters. The van der Waals surface area contributed by atoms with Gasteiger partial charge in [-0.25, -0.2) is 0 Å². The Balaban J connectivity index is 1.63. The largest absolute Gasteiger partial charge is 0.479 e. The number of ether oxygens (including phenoxy) is 1. The van der Waals surface area contributed by atoms with Gasteiger partial charge in [0.15, 0.2) is 6.10 Å². The molecular formula is C23H34N2O3. The van der Waals surface area contributed by atoms with Crippen LogP contribution in [-0.4, -0.2) is 24.5 Å². The maximum atomic E-state index is 12.6. The zero-order valence-electron chi connectivity index (χ0n) is 17.3. The molecule has 2 aliphatic rings. The first kappa shape index (κ1) is 20.7. The van der Waals surface area contributed by atoms with E-state index in [1.54, 1.807) is 6.92 Å². The Hall–Kier alpha value is -2.04. The van der Waals surface area contributed by atoms with Gasteiger partial charge in [0, 0.05) is 18.7 Å². The van der Waals surface area contributed by atoms with Crippen molar-refractivity contribution in [3.8, 4) is 5.75 Å². The van der Waals surface area contributed by atoms with Gasteiger partial charge in [-0.2, -0.15) is 0 Å². The van der Waals surface area contributed by atoms with Gasteiger partial charge in [-0.05, 0) is 43.9 Å². The van der Waals surface area contributed by atoms with Gasteiger partial charge < -0.3 is 15.0 Å². The predicted molar refractivity (Wildman–Crippen MR) is 113 cm³/mol. The molecule has 1 N–H and O–H groups in total. The number of carbonyl (C=O) groups excluding carboxylic acids is 2. The summed E-state index contributed by atoms with van der Waals surface area (Å²) in [7, 11) is 0. The quantitative estimate of drug-likeness (QED) is 0.618. The van der Waals surface area contributed by atoms with Crippen molar-refractivity contribution in [2.45, 2.75) is 84.2 Å². The molecule has 1 fully saturated rings. The third-order valence-corrected chi connectivity index (χ3v) is 5.94. The third kappa shape index (κ3) is 5.27. The number of fused-ring (bicyclic) bond motifs is 1. The van der Waals surface area contributed by atoms with Gasteiger partial charge in [-0.1, -0.05) is 51.9 Å². The summed E-state index contributed by atoms with van der Waals surface area (Å²) in [4.78, 5) is 26.8. The molecule has 28 heavy (non-hydrogen) atoms. The van der Waals surface area contributed by atoms with Crippen LogP contribution >= 0.6 is 0 Å². The van der Waals surface area contributed by atoms with Crippen molar-refractivity contribution in [3.05, 3.63) is 18.2 Å². The fourth-order valence-electron chi connectivity index (χ4n) is 4.27. The van der Waals surface area contributed by atoms with Crippen LogP contribution in [0.4, 0.5) is 11.4 Å². The second-order valence-corrected chi connectivity index (χ2v) is 8.23. The molecule has 1 saturated carbocycles. The lowest BCUT2D eigenvalue weighted by atomic mass is 9.86. The highest BCUT2D eigenvalue weighted by Gasteiger charge is 2.31. The predicted octanol–water partition coefficient (Wildman–Crippen LogP) is 5.29. The van der Waals surface area contributed by atoms with E-state index in [0.717, 1.165) is 37.1 Å². The van der Waals surface area contributed by atoms with Crippen LogP contribution in [0.15, 0.2) is 18.2 Å². The van der Waals surface area contributed by atoms with E-state index >= 15 is 0 Å². The number of nitrogens with zero attached hydrogens (tertiary/aromatic N) is 1. The van der Waals surface area contributed by atoms with Crippen molar-refractivity contribution >= 4 is 23.2 Å². The lowest BCUT2D eigenvalue weighted by molar-refractivity contribution is -0.125. The lowest BCUT2D eigenvalue weighted by Gasteiger charge is -2.33. The molecule has 5 nitrogen and oxygen atoms in total. The zero-order valence-corrected chi connectivity index (χ0v) is 17.3. The first-order valence-corrected chi connectivity index (χ1v) is 11.0. The van der Waals surface area contributed by atoms with Gasteiger partial charge in [-0.3, -0.25) is 9.59 Å². The molecule has 0 bridgehead atoms. The number of unbranched alkanes of at least 4 members (excludes halogenated alkanes) is 2. The molecule has 154 valence electrons. The molecule has 1 heterocycles. The minimum Gasteiger partial charge on any atom is -0.479 e. The summed E-state index contributed by atoms with van der Waals surface area (Å²) >= 11 is 0. The van der Waals surface area contributed by atoms with Crippen molar-refractivity contribution in [1.29, 1.82) is 0 Å². The molecule has 1 aromatic carbocycles. The summed E-state index contributed by atoms with van der Waals surface area (Å²) in [6.07, 6.45) is 10.7. The van der Waals surface area contributed by atoms with Crippen molar-refractivity contribution in [1.82, 2.24) is 0 Å². The topological polar surface area (TPSA) is 58.6 Å². The van der Waals surface area contributed by atoms with Crippen molar-refractivity contribution in [2.75, 3.05) is 16.8 Å². The Morgan fingerprint density at radius 1 is 1.21 bits per heavy atom. The van der Waals surface area contributed by atoms with Crippen LogP contribution in [-0.2, 0) is 9.59 Å². The second-order valence-electron chi connectivity index (χ2n) is 8.23. The smallest absolute Gasteiger partial charge is 0.267 e. The van der Waals surface area contributed by atoms with Gasteiger partial charge in [-0.15, -0.1) is 0 Å². The van der Waals surface area contributed by atoms with Crippen LogP contribution in [0, 0.1) is 5.92 Å². The Morgan fingerprint density at radius 2 is 2.00 bits per heavy atom. The average Bonchev–Trinajstić information content (AvgIpc) is 2.70. The van der Waals surface area contributed by atoms with Crippen LogP contribution < -0.4 is 15.0 Å². The summed E-state index contributed by atoms with van der Waals surface area (Å²) in [5, 5.41) is 3.01. The zero-order chi connectivity index (χ0) is 19.9. The highest BCUT2D eigenvalue weighted by Crippen LogP contribution is 2.36. The van der Waals surface area contributed by atoms with Gasteiger partial charge in [0.25, 0.3) is 5.91 Å². The summed E-state index contributed by atoms with van der Waals surface area (Å²) in [6, 6.07) is 5.61. The van der Waals surface area contributed by atoms with E-state index in [9.17, 15) is 9.59 Å². The molecule has 0 aromatic heterocycles. The molecule has 1 aliphatic heterocycles. The van der Waals surface area contributed by atoms with E-state index in [4.69, 9.17) is 4.74 Å². The maximum Gasteiger partial charge on any atom is 0.267 e. The molecule has 0 radical (unpaired) electrons. The van der Waals surface area contributed by atoms with Crippen LogP contribution in [0.3, 0.4) is 0 Å². The first-order valence-electron chi connectivity index (χ1n) is 11.0. The monoisotopic (exact) mass is 386 g/mol. The second kappa shape index (κ2) is 9.94. The first-order chi connectivity index (χ1) is 13.6. The van der Waals surface area contributed by atoms with E-state index < -0.39 is 6.10 Å². The fraction of sp³-hybridized carbons (Fsp3) is 0.652. The standard InChI is InChI=1S/C23H34N2O3/c1-3-4-8-15-25-20-16-19(12-13-21(20)28-17(2)23(25)27)24-22(26)14-11-18-9-6-5-7-10-18/h12-13,16-18H,3-11,14-15H2,1-2H3,(H,24,26). The number of nitrogens with one attached hydrogen (secondary N) is 1. The van der Waals surface area contributed by atoms with Gasteiger partial charge >= 0.3 is 0 Å². The maximum absolute atomic E-state index is 12.6. The van der Waals surface area contributed by atoms with Crippen molar-refractivity contribution in [2.24, 2.45) is 5.92 Å². The Bertz CT molecular complexity index is 682. The SMILES string of the molecule is CCCCCN1C(=O)C(C)Oc2ccc(NC(=O)CCC3CCCCC3)cc21. The summed E-state index contributed by atoms with van der Waals surface area (Å²) in [5.74, 6) is 1.46. The van der Waals surface area contributed by atoms with Crippen molar-refractivity contribution in [3.63, 3.8) is 0 Å². The number of benzene rings is 1. The normalized spacial score (nSPS) is 19.9. The van der Waals surface area contributed by atoms with Crippen LogP contribution in [0.25, 0.3) is 0 Å². The van der Waals surface area contributed by atoms with Crippen molar-refractivity contribution < 1.29 is 14.3 Å². The number of anilines is 2. The number of carbonyl (C=O) groups is 2. The molecule has 3 rings (SSSR count). The molecular weight excluding hydrogens is 352 g/mol. The number of amides is 2.